The van der Waals surface area contributed by atoms with Gasteiger partial charge < -0.3 is 14.7 Å². The summed E-state index contributed by atoms with van der Waals surface area (Å²) < 4.78 is 5.99. The van der Waals surface area contributed by atoms with Crippen LogP contribution in [-0.4, -0.2) is 23.1 Å². The molecule has 0 heterocycles. The summed E-state index contributed by atoms with van der Waals surface area (Å²) in [4.78, 5) is 14.7. The fourth-order valence-corrected chi connectivity index (χ4v) is 5.08. The van der Waals surface area contributed by atoms with Gasteiger partial charge in [-0.25, -0.2) is 4.79 Å². The Morgan fingerprint density at radius 2 is 2.00 bits per heavy atom. The van der Waals surface area contributed by atoms with Crippen molar-refractivity contribution in [3.63, 3.8) is 0 Å². The van der Waals surface area contributed by atoms with E-state index in [1.165, 1.54) is 10.5 Å². The number of nitrogens with zero attached hydrogens (tertiary/aromatic N) is 1. The lowest BCUT2D eigenvalue weighted by Crippen LogP contribution is -2.30. The summed E-state index contributed by atoms with van der Waals surface area (Å²) in [6.45, 7) is 10.9. The van der Waals surface area contributed by atoms with E-state index in [1.54, 1.807) is 13.1 Å². The van der Waals surface area contributed by atoms with Crippen molar-refractivity contribution in [3.8, 4) is 11.5 Å². The Labute approximate surface area is 215 Å². The third-order valence-corrected chi connectivity index (χ3v) is 7.02. The van der Waals surface area contributed by atoms with Gasteiger partial charge in [-0.15, -0.1) is 0 Å². The third kappa shape index (κ3) is 7.14. The molecule has 0 saturated heterocycles. The molecule has 0 aromatic heterocycles. The molecule has 0 aliphatic heterocycles. The molecule has 4 nitrogen and oxygen atoms in total. The average Bonchev–Trinajstić information content (AvgIpc) is 2.79. The van der Waals surface area contributed by atoms with Crippen LogP contribution in [0.15, 0.2) is 60.2 Å². The molecule has 35 heavy (non-hydrogen) atoms. The number of carbonyl (C=O) groups excluding carboxylic acids is 1. The lowest BCUT2D eigenvalue weighted by Gasteiger charge is -2.32. The number of allylic oxidation sites excluding steroid dienone is 3. The van der Waals surface area contributed by atoms with Crippen LogP contribution in [0.2, 0.25) is 5.02 Å². The molecule has 1 amide bonds. The fourth-order valence-electron chi connectivity index (χ4n) is 4.86. The van der Waals surface area contributed by atoms with E-state index in [9.17, 15) is 9.90 Å². The number of phenols is 1. The van der Waals surface area contributed by atoms with Crippen molar-refractivity contribution in [2.45, 2.75) is 71.8 Å². The number of aryl methyl sites for hydroxylation is 1. The molecule has 1 aliphatic rings. The van der Waals surface area contributed by atoms with Crippen molar-refractivity contribution >= 4 is 17.7 Å². The van der Waals surface area contributed by atoms with Crippen molar-refractivity contribution in [1.29, 1.82) is 0 Å². The number of hydrogen-bond acceptors (Lipinski definition) is 3. The zero-order valence-electron chi connectivity index (χ0n) is 21.4. The highest BCUT2D eigenvalue weighted by Crippen LogP contribution is 2.47. The number of benzene rings is 2. The molecule has 0 radical (unpaired) electrons. The monoisotopic (exact) mass is 495 g/mol. The summed E-state index contributed by atoms with van der Waals surface area (Å²) in [6, 6.07) is 11.2. The van der Waals surface area contributed by atoms with Gasteiger partial charge in [0, 0.05) is 30.1 Å². The normalized spacial score (nSPS) is 17.6. The van der Waals surface area contributed by atoms with Crippen LogP contribution >= 0.6 is 11.6 Å². The molecular weight excluding hydrogens is 458 g/mol. The van der Waals surface area contributed by atoms with Crippen LogP contribution in [0.4, 0.5) is 4.79 Å². The van der Waals surface area contributed by atoms with Gasteiger partial charge >= 0.3 is 6.09 Å². The molecule has 3 rings (SSSR count). The van der Waals surface area contributed by atoms with Gasteiger partial charge in [0.05, 0.1) is 0 Å². The number of aromatic hydroxyl groups is 1. The highest BCUT2D eigenvalue weighted by Gasteiger charge is 2.31. The van der Waals surface area contributed by atoms with Crippen LogP contribution in [0.5, 0.6) is 11.5 Å². The van der Waals surface area contributed by atoms with E-state index in [4.69, 9.17) is 16.3 Å². The van der Waals surface area contributed by atoms with E-state index in [2.05, 4.69) is 26.5 Å². The second-order valence-electron chi connectivity index (χ2n) is 9.87. The second-order valence-corrected chi connectivity index (χ2v) is 10.3. The van der Waals surface area contributed by atoms with Crippen molar-refractivity contribution in [2.75, 3.05) is 7.05 Å². The average molecular weight is 496 g/mol. The van der Waals surface area contributed by atoms with E-state index >= 15 is 0 Å². The largest absolute Gasteiger partial charge is 0.507 e. The third-order valence-electron chi connectivity index (χ3n) is 6.78. The Bertz CT molecular complexity index is 1090. The Hall–Kier alpha value is -2.72. The van der Waals surface area contributed by atoms with E-state index in [-0.39, 0.29) is 17.6 Å². The van der Waals surface area contributed by atoms with E-state index in [0.29, 0.717) is 22.9 Å². The lowest BCUT2D eigenvalue weighted by atomic mass is 9.73. The van der Waals surface area contributed by atoms with Crippen LogP contribution in [0, 0.1) is 5.92 Å². The second kappa shape index (κ2) is 12.3. The molecule has 1 aliphatic carbocycles. The number of hydrogen-bond donors (Lipinski definition) is 1. The number of carbonyl (C=O) groups is 1. The first-order valence-corrected chi connectivity index (χ1v) is 12.9. The molecule has 188 valence electrons. The minimum Gasteiger partial charge on any atom is -0.507 e. The SMILES string of the molecule is C=C(C)[C@@H]1CCC(C)=C[C@H]1c1c(O)cc(CCCCC)cc1OC(=O)N(C)Cc1cccc(Cl)c1. The topological polar surface area (TPSA) is 49.8 Å². The summed E-state index contributed by atoms with van der Waals surface area (Å²) in [5, 5.41) is 11.8. The molecule has 0 fully saturated rings. The van der Waals surface area contributed by atoms with E-state index in [1.807, 2.05) is 37.3 Å². The Morgan fingerprint density at radius 3 is 2.69 bits per heavy atom. The van der Waals surface area contributed by atoms with Crippen molar-refractivity contribution in [3.05, 3.63) is 81.9 Å². The summed E-state index contributed by atoms with van der Waals surface area (Å²) in [7, 11) is 1.70. The standard InChI is InChI=1S/C30H38ClNO3/c1-6-7-8-10-22-17-27(33)29(26-15-21(4)13-14-25(26)20(2)3)28(18-22)35-30(34)32(5)19-23-11-9-12-24(31)16-23/h9,11-12,15-18,25-26,33H,2,6-8,10,13-14,19H2,1,3-5H3/t25-,26+/m0/s1. The number of ether oxygens (including phenoxy) is 1. The maximum Gasteiger partial charge on any atom is 0.415 e. The Balaban J connectivity index is 1.95. The first-order valence-electron chi connectivity index (χ1n) is 12.6. The Kier molecular flexibility index (Phi) is 9.45. The first-order chi connectivity index (χ1) is 16.7. The van der Waals surface area contributed by atoms with Gasteiger partial charge in [-0.05, 0) is 80.8 Å². The number of halogens is 1. The van der Waals surface area contributed by atoms with E-state index < -0.39 is 6.09 Å². The number of amides is 1. The predicted octanol–water partition coefficient (Wildman–Crippen LogP) is 8.43. The highest BCUT2D eigenvalue weighted by molar-refractivity contribution is 6.30. The van der Waals surface area contributed by atoms with Crippen molar-refractivity contribution in [2.24, 2.45) is 5.92 Å². The maximum atomic E-state index is 13.2. The zero-order valence-corrected chi connectivity index (χ0v) is 22.2. The van der Waals surface area contributed by atoms with E-state index in [0.717, 1.165) is 55.2 Å². The number of unbranched alkanes of at least 4 members (excludes halogenated alkanes) is 2. The lowest BCUT2D eigenvalue weighted by molar-refractivity contribution is 0.160. The molecule has 5 heteroatoms. The maximum absolute atomic E-state index is 13.2. The van der Waals surface area contributed by atoms with Crippen LogP contribution in [-0.2, 0) is 13.0 Å². The highest BCUT2D eigenvalue weighted by atomic mass is 35.5. The van der Waals surface area contributed by atoms with Crippen molar-refractivity contribution < 1.29 is 14.6 Å². The molecule has 2 aromatic carbocycles. The zero-order chi connectivity index (χ0) is 25.5. The number of rotatable bonds is 9. The molecule has 0 bridgehead atoms. The quantitative estimate of drug-likeness (QED) is 0.280. The van der Waals surface area contributed by atoms with Crippen molar-refractivity contribution in [1.82, 2.24) is 4.90 Å². The predicted molar refractivity (Wildman–Crippen MR) is 144 cm³/mol. The molecule has 1 N–H and O–H groups in total. The van der Waals surface area contributed by atoms with Crippen LogP contribution < -0.4 is 4.74 Å². The smallest absolute Gasteiger partial charge is 0.415 e. The summed E-state index contributed by atoms with van der Waals surface area (Å²) >= 11 is 6.11. The van der Waals surface area contributed by atoms with Crippen LogP contribution in [0.1, 0.15) is 75.5 Å². The van der Waals surface area contributed by atoms with Gasteiger partial charge in [0.1, 0.15) is 11.5 Å². The summed E-state index contributed by atoms with van der Waals surface area (Å²) in [6.07, 6.45) is 7.77. The number of phenolic OH excluding ortho intramolecular Hbond substituents is 1. The van der Waals surface area contributed by atoms with Gasteiger partial charge in [-0.3, -0.25) is 0 Å². The Morgan fingerprint density at radius 1 is 1.23 bits per heavy atom. The minimum absolute atomic E-state index is 0.0908. The summed E-state index contributed by atoms with van der Waals surface area (Å²) in [5.74, 6) is 0.701. The van der Waals surface area contributed by atoms with Gasteiger partial charge in [0.25, 0.3) is 0 Å². The first kappa shape index (κ1) is 26.9. The molecular formula is C30H38ClNO3. The van der Waals surface area contributed by atoms with Gasteiger partial charge in [0.2, 0.25) is 0 Å². The summed E-state index contributed by atoms with van der Waals surface area (Å²) in [5.41, 5.74) is 4.90. The van der Waals surface area contributed by atoms with Crippen LogP contribution in [0.3, 0.4) is 0 Å². The van der Waals surface area contributed by atoms with Gasteiger partial charge in [-0.1, -0.05) is 67.3 Å². The molecule has 0 unspecified atom stereocenters. The van der Waals surface area contributed by atoms with Gasteiger partial charge in [-0.2, -0.15) is 0 Å². The fraction of sp³-hybridized carbons (Fsp3) is 0.433. The molecule has 0 saturated carbocycles. The van der Waals surface area contributed by atoms with Crippen LogP contribution in [0.25, 0.3) is 0 Å². The molecule has 2 aromatic rings. The minimum atomic E-state index is -0.472. The van der Waals surface area contributed by atoms with Gasteiger partial charge in [0.15, 0.2) is 0 Å². The molecule has 0 spiro atoms. The molecule has 2 atom stereocenters.